The molecule has 2 N–H and O–H groups in total. The van der Waals surface area contributed by atoms with E-state index in [0.29, 0.717) is 16.9 Å². The molecule has 4 rings (SSSR count). The number of rotatable bonds is 6. The number of amides is 2. The summed E-state index contributed by atoms with van der Waals surface area (Å²) in [6.45, 7) is 3.03. The maximum atomic E-state index is 13.5. The van der Waals surface area contributed by atoms with Gasteiger partial charge in [-0.2, -0.15) is 0 Å². The van der Waals surface area contributed by atoms with Crippen molar-refractivity contribution in [2.45, 2.75) is 19.4 Å². The number of carbonyl (C=O) groups excluding carboxylic acids is 2. The predicted octanol–water partition coefficient (Wildman–Crippen LogP) is 5.10. The van der Waals surface area contributed by atoms with Gasteiger partial charge in [-0.3, -0.25) is 9.59 Å². The third-order valence-corrected chi connectivity index (χ3v) is 5.26. The van der Waals surface area contributed by atoms with Gasteiger partial charge in [0.1, 0.15) is 23.0 Å². The average Bonchev–Trinajstić information content (AvgIpc) is 3.23. The smallest absolute Gasteiger partial charge is 0.252 e. The van der Waals surface area contributed by atoms with Crippen molar-refractivity contribution in [2.24, 2.45) is 0 Å². The van der Waals surface area contributed by atoms with Crippen LogP contribution in [0, 0.1) is 17.5 Å². The van der Waals surface area contributed by atoms with Gasteiger partial charge in [0, 0.05) is 17.2 Å². The van der Waals surface area contributed by atoms with Gasteiger partial charge in [0.25, 0.3) is 11.8 Å². The monoisotopic (exact) mass is 478 g/mol. The van der Waals surface area contributed by atoms with Gasteiger partial charge in [-0.1, -0.05) is 0 Å². The first-order chi connectivity index (χ1) is 16.6. The second kappa shape index (κ2) is 9.46. The molecule has 4 aromatic rings. The maximum Gasteiger partial charge on any atom is 0.252 e. The fourth-order valence-corrected chi connectivity index (χ4v) is 3.33. The van der Waals surface area contributed by atoms with E-state index in [1.165, 1.54) is 67.1 Å². The van der Waals surface area contributed by atoms with Crippen LogP contribution in [0.4, 0.5) is 19.0 Å². The Morgan fingerprint density at radius 3 is 1.89 bits per heavy atom. The highest BCUT2D eigenvalue weighted by molar-refractivity contribution is 6.03. The normalized spacial score (nSPS) is 11.2. The second-order valence-electron chi connectivity index (χ2n) is 8.35. The lowest BCUT2D eigenvalue weighted by molar-refractivity contribution is -0.121. The molecule has 3 aromatic carbocycles. The van der Waals surface area contributed by atoms with Crippen LogP contribution in [0.25, 0.3) is 16.9 Å². The lowest BCUT2D eigenvalue weighted by atomic mass is 10.0. The van der Waals surface area contributed by atoms with E-state index < -0.39 is 34.8 Å². The number of hydrogen-bond donors (Lipinski definition) is 2. The molecule has 0 unspecified atom stereocenters. The quantitative estimate of drug-likeness (QED) is 0.405. The predicted molar refractivity (Wildman–Crippen MR) is 125 cm³/mol. The third-order valence-electron chi connectivity index (χ3n) is 5.26. The van der Waals surface area contributed by atoms with Crippen LogP contribution in [0.3, 0.4) is 0 Å². The van der Waals surface area contributed by atoms with E-state index in [4.69, 9.17) is 0 Å². The molecule has 0 saturated carbocycles. The van der Waals surface area contributed by atoms with Gasteiger partial charge >= 0.3 is 0 Å². The molecule has 0 fully saturated rings. The molecule has 0 aliphatic carbocycles. The van der Waals surface area contributed by atoms with Crippen molar-refractivity contribution in [3.63, 3.8) is 0 Å². The molecule has 0 radical (unpaired) electrons. The fourth-order valence-electron chi connectivity index (χ4n) is 3.33. The minimum atomic E-state index is -1.35. The Morgan fingerprint density at radius 1 is 0.800 bits per heavy atom. The molecule has 35 heavy (non-hydrogen) atoms. The minimum Gasteiger partial charge on any atom is -0.338 e. The first-order valence-corrected chi connectivity index (χ1v) is 10.6. The molecule has 0 bridgehead atoms. The van der Waals surface area contributed by atoms with Crippen LogP contribution >= 0.6 is 0 Å². The van der Waals surface area contributed by atoms with Crippen molar-refractivity contribution in [1.82, 2.24) is 15.1 Å². The molecule has 9 heteroatoms. The Hall–Kier alpha value is -4.40. The molecule has 178 valence electrons. The summed E-state index contributed by atoms with van der Waals surface area (Å²) >= 11 is 0. The van der Waals surface area contributed by atoms with Gasteiger partial charge < -0.3 is 10.6 Å². The number of nitrogens with zero attached hydrogens (tertiary/aromatic N) is 2. The highest BCUT2D eigenvalue weighted by atomic mass is 19.1. The first kappa shape index (κ1) is 23.7. The van der Waals surface area contributed by atoms with Crippen LogP contribution in [0.1, 0.15) is 24.2 Å². The van der Waals surface area contributed by atoms with Crippen molar-refractivity contribution in [2.75, 3.05) is 5.32 Å². The number of benzene rings is 3. The summed E-state index contributed by atoms with van der Waals surface area (Å²) < 4.78 is 41.5. The summed E-state index contributed by atoms with van der Waals surface area (Å²) in [7, 11) is 0. The highest BCUT2D eigenvalue weighted by Crippen LogP contribution is 2.27. The Balaban J connectivity index is 1.60. The number of nitrogens with one attached hydrogen (secondary N) is 2. The average molecular weight is 478 g/mol. The van der Waals surface area contributed by atoms with E-state index in [9.17, 15) is 22.8 Å². The number of hydrogen-bond acceptors (Lipinski definition) is 3. The van der Waals surface area contributed by atoms with Gasteiger partial charge in [0.15, 0.2) is 5.82 Å². The zero-order valence-electron chi connectivity index (χ0n) is 18.9. The molecule has 0 saturated heterocycles. The van der Waals surface area contributed by atoms with Crippen LogP contribution in [-0.4, -0.2) is 27.1 Å². The van der Waals surface area contributed by atoms with Crippen LogP contribution < -0.4 is 10.6 Å². The highest BCUT2D eigenvalue weighted by Gasteiger charge is 2.31. The van der Waals surface area contributed by atoms with Crippen LogP contribution in [0.5, 0.6) is 0 Å². The minimum absolute atomic E-state index is 0.169. The topological polar surface area (TPSA) is 76.0 Å². The number of carbonyl (C=O) groups is 2. The van der Waals surface area contributed by atoms with Gasteiger partial charge in [0.05, 0.1) is 11.4 Å². The van der Waals surface area contributed by atoms with Crippen LogP contribution in [0.15, 0.2) is 78.9 Å². The van der Waals surface area contributed by atoms with Crippen molar-refractivity contribution in [3.8, 4) is 16.9 Å². The van der Waals surface area contributed by atoms with Gasteiger partial charge in [-0.25, -0.2) is 17.9 Å². The molecule has 0 spiro atoms. The van der Waals surface area contributed by atoms with E-state index >= 15 is 0 Å². The summed E-state index contributed by atoms with van der Waals surface area (Å²) in [6, 6.07) is 17.8. The van der Waals surface area contributed by atoms with Crippen molar-refractivity contribution in [3.05, 3.63) is 102 Å². The molecule has 0 atom stereocenters. The zero-order valence-corrected chi connectivity index (χ0v) is 18.9. The van der Waals surface area contributed by atoms with Gasteiger partial charge in [-0.15, -0.1) is 5.10 Å². The largest absolute Gasteiger partial charge is 0.338 e. The zero-order chi connectivity index (χ0) is 25.2. The lowest BCUT2D eigenvalue weighted by Crippen LogP contribution is -2.52. The molecule has 1 heterocycles. The van der Waals surface area contributed by atoms with Gasteiger partial charge in [-0.05, 0) is 86.6 Å². The number of anilines is 1. The van der Waals surface area contributed by atoms with Crippen LogP contribution in [-0.2, 0) is 4.79 Å². The number of halogens is 3. The molecule has 6 nitrogen and oxygen atoms in total. The second-order valence-corrected chi connectivity index (χ2v) is 8.35. The van der Waals surface area contributed by atoms with Crippen molar-refractivity contribution >= 4 is 17.6 Å². The molecular formula is C26H21F3N4O2. The summed E-state index contributed by atoms with van der Waals surface area (Å²) in [6.07, 6.45) is 0. The Bertz CT molecular complexity index is 1300. The molecular weight excluding hydrogens is 457 g/mol. The lowest BCUT2D eigenvalue weighted by Gasteiger charge is -2.24. The Kier molecular flexibility index (Phi) is 6.42. The van der Waals surface area contributed by atoms with E-state index in [1.54, 1.807) is 18.2 Å². The molecule has 1 aromatic heterocycles. The summed E-state index contributed by atoms with van der Waals surface area (Å²) in [5, 5.41) is 9.72. The SMILES string of the molecule is CC(C)(NC(=O)c1ccc(F)cc1)C(=O)Nc1cc(-c2ccc(F)cc2)n(-c2ccc(F)cc2)n1. The van der Waals surface area contributed by atoms with Crippen molar-refractivity contribution < 1.29 is 22.8 Å². The first-order valence-electron chi connectivity index (χ1n) is 10.6. The van der Waals surface area contributed by atoms with E-state index in [0.717, 1.165) is 12.1 Å². The van der Waals surface area contributed by atoms with E-state index in [-0.39, 0.29) is 11.4 Å². The van der Waals surface area contributed by atoms with Crippen LogP contribution in [0.2, 0.25) is 0 Å². The number of aromatic nitrogens is 2. The summed E-state index contributed by atoms with van der Waals surface area (Å²) in [5.74, 6) is -2.24. The summed E-state index contributed by atoms with van der Waals surface area (Å²) in [4.78, 5) is 25.5. The molecule has 0 aliphatic rings. The fraction of sp³-hybridized carbons (Fsp3) is 0.115. The molecule has 2 amide bonds. The van der Waals surface area contributed by atoms with E-state index in [2.05, 4.69) is 15.7 Å². The maximum absolute atomic E-state index is 13.5. The summed E-state index contributed by atoms with van der Waals surface area (Å²) in [5.41, 5.74) is 0.524. The third kappa shape index (κ3) is 5.40. The van der Waals surface area contributed by atoms with Gasteiger partial charge in [0.2, 0.25) is 0 Å². The Morgan fingerprint density at radius 2 is 1.31 bits per heavy atom. The standard InChI is InChI=1S/C26H21F3N4O2/c1-26(2,31-24(34)17-5-9-19(28)10-6-17)25(35)30-23-15-22(16-3-7-18(27)8-4-16)33(32-23)21-13-11-20(29)12-14-21/h3-15H,1-2H3,(H,31,34)(H,30,32,35). The molecule has 0 aliphatic heterocycles. The van der Waals surface area contributed by atoms with E-state index in [1.807, 2.05) is 0 Å². The Labute approximate surface area is 199 Å². The van der Waals surface area contributed by atoms with Crippen molar-refractivity contribution in [1.29, 1.82) is 0 Å².